The molecule has 138 valence electrons. The molecule has 7 heteroatoms. The van der Waals surface area contributed by atoms with E-state index in [-0.39, 0.29) is 12.7 Å². The summed E-state index contributed by atoms with van der Waals surface area (Å²) in [7, 11) is 0. The van der Waals surface area contributed by atoms with Gasteiger partial charge in [0.15, 0.2) is 16.7 Å². The number of thioether (sulfide) groups is 1. The van der Waals surface area contributed by atoms with Crippen LogP contribution in [0.25, 0.3) is 0 Å². The van der Waals surface area contributed by atoms with E-state index in [1.807, 2.05) is 47.2 Å². The van der Waals surface area contributed by atoms with E-state index in [2.05, 4.69) is 22.4 Å². The van der Waals surface area contributed by atoms with Crippen LogP contribution in [0.5, 0.6) is 11.5 Å². The summed E-state index contributed by atoms with van der Waals surface area (Å²) in [5, 5.41) is 3.76. The highest BCUT2D eigenvalue weighted by atomic mass is 32.2. The molecule has 0 saturated heterocycles. The number of carbonyl (C=O) groups is 1. The normalized spacial score (nSPS) is 12.1. The zero-order chi connectivity index (χ0) is 18.5. The Morgan fingerprint density at radius 2 is 1.96 bits per heavy atom. The number of hydrogen-bond acceptors (Lipinski definition) is 5. The number of imidazole rings is 1. The van der Waals surface area contributed by atoms with Gasteiger partial charge in [0.2, 0.25) is 12.7 Å². The number of nitrogens with zero attached hydrogens (tertiary/aromatic N) is 2. The fourth-order valence-electron chi connectivity index (χ4n) is 2.77. The Bertz CT molecular complexity index is 927. The molecule has 0 bridgehead atoms. The number of nitrogens with one attached hydrogen (secondary N) is 1. The summed E-state index contributed by atoms with van der Waals surface area (Å²) in [6, 6.07) is 15.9. The van der Waals surface area contributed by atoms with Gasteiger partial charge in [0.1, 0.15) is 0 Å². The average molecular weight is 381 g/mol. The van der Waals surface area contributed by atoms with Crippen LogP contribution in [0.3, 0.4) is 0 Å². The van der Waals surface area contributed by atoms with Crippen LogP contribution < -0.4 is 14.8 Å². The van der Waals surface area contributed by atoms with E-state index >= 15 is 0 Å². The zero-order valence-electron chi connectivity index (χ0n) is 14.6. The summed E-state index contributed by atoms with van der Waals surface area (Å²) < 4.78 is 12.7. The van der Waals surface area contributed by atoms with Crippen LogP contribution in [0, 0.1) is 0 Å². The van der Waals surface area contributed by atoms with Gasteiger partial charge >= 0.3 is 0 Å². The van der Waals surface area contributed by atoms with Gasteiger partial charge in [-0.2, -0.15) is 0 Å². The van der Waals surface area contributed by atoms with Crippen molar-refractivity contribution in [1.29, 1.82) is 0 Å². The summed E-state index contributed by atoms with van der Waals surface area (Å²) >= 11 is 1.43. The van der Waals surface area contributed by atoms with Gasteiger partial charge in [-0.05, 0) is 23.3 Å². The molecule has 3 aromatic rings. The second kappa shape index (κ2) is 8.18. The molecule has 2 aromatic carbocycles. The van der Waals surface area contributed by atoms with Crippen LogP contribution in [0.2, 0.25) is 0 Å². The summed E-state index contributed by atoms with van der Waals surface area (Å²) in [6.45, 7) is 1.44. The van der Waals surface area contributed by atoms with Gasteiger partial charge in [-0.3, -0.25) is 4.79 Å². The molecule has 0 aliphatic carbocycles. The minimum Gasteiger partial charge on any atom is -0.454 e. The number of aromatic nitrogens is 2. The Morgan fingerprint density at radius 3 is 2.85 bits per heavy atom. The lowest BCUT2D eigenvalue weighted by Gasteiger charge is -2.08. The van der Waals surface area contributed by atoms with Crippen molar-refractivity contribution in [1.82, 2.24) is 14.9 Å². The van der Waals surface area contributed by atoms with E-state index in [0.29, 0.717) is 12.3 Å². The maximum atomic E-state index is 12.2. The van der Waals surface area contributed by atoms with Crippen molar-refractivity contribution in [3.05, 3.63) is 72.1 Å². The third kappa shape index (κ3) is 4.43. The fraction of sp³-hybridized carbons (Fsp3) is 0.200. The molecule has 0 atom stereocenters. The van der Waals surface area contributed by atoms with Gasteiger partial charge in [0.25, 0.3) is 0 Å². The lowest BCUT2D eigenvalue weighted by Crippen LogP contribution is -2.24. The first kappa shape index (κ1) is 17.5. The Labute approximate surface area is 161 Å². The van der Waals surface area contributed by atoms with E-state index in [4.69, 9.17) is 9.47 Å². The summed E-state index contributed by atoms with van der Waals surface area (Å²) in [5.41, 5.74) is 2.17. The number of rotatable bonds is 7. The molecule has 0 unspecified atom stereocenters. The third-order valence-electron chi connectivity index (χ3n) is 4.13. The Hall–Kier alpha value is -2.93. The summed E-state index contributed by atoms with van der Waals surface area (Å²) in [4.78, 5) is 16.5. The van der Waals surface area contributed by atoms with Crippen LogP contribution >= 0.6 is 11.8 Å². The molecule has 1 aliphatic rings. The van der Waals surface area contributed by atoms with E-state index in [1.54, 1.807) is 6.20 Å². The zero-order valence-corrected chi connectivity index (χ0v) is 15.4. The summed E-state index contributed by atoms with van der Waals surface area (Å²) in [5.74, 6) is 1.74. The Balaban J connectivity index is 1.28. The smallest absolute Gasteiger partial charge is 0.231 e. The van der Waals surface area contributed by atoms with Crippen LogP contribution in [-0.4, -0.2) is 28.0 Å². The third-order valence-corrected chi connectivity index (χ3v) is 5.14. The number of ether oxygens (including phenoxy) is 2. The molecule has 1 amide bonds. The Kier molecular flexibility index (Phi) is 5.29. The van der Waals surface area contributed by atoms with Gasteiger partial charge in [-0.1, -0.05) is 48.2 Å². The van der Waals surface area contributed by atoms with E-state index in [9.17, 15) is 4.79 Å². The van der Waals surface area contributed by atoms with Crippen molar-refractivity contribution in [3.63, 3.8) is 0 Å². The van der Waals surface area contributed by atoms with Crippen LogP contribution in [0.1, 0.15) is 11.1 Å². The van der Waals surface area contributed by atoms with Gasteiger partial charge in [-0.25, -0.2) is 4.98 Å². The molecule has 0 saturated carbocycles. The van der Waals surface area contributed by atoms with E-state index in [0.717, 1.165) is 28.8 Å². The number of amides is 1. The first-order chi connectivity index (χ1) is 13.3. The SMILES string of the molecule is O=C(CSc1nccn1Cc1ccccc1)NCc1ccc2c(c1)OCO2. The maximum Gasteiger partial charge on any atom is 0.231 e. The minimum absolute atomic E-state index is 0.0353. The largest absolute Gasteiger partial charge is 0.454 e. The number of fused-ring (bicyclic) bond motifs is 1. The average Bonchev–Trinajstić information content (AvgIpc) is 3.34. The van der Waals surface area contributed by atoms with Crippen molar-refractivity contribution >= 4 is 17.7 Å². The first-order valence-corrected chi connectivity index (χ1v) is 9.59. The van der Waals surface area contributed by atoms with Crippen LogP contribution in [0.4, 0.5) is 0 Å². The lowest BCUT2D eigenvalue weighted by atomic mass is 10.2. The quantitative estimate of drug-likeness (QED) is 0.637. The number of benzene rings is 2. The minimum atomic E-state index is -0.0353. The highest BCUT2D eigenvalue weighted by molar-refractivity contribution is 7.99. The number of carbonyl (C=O) groups excluding carboxylic acids is 1. The summed E-state index contributed by atoms with van der Waals surface area (Å²) in [6.07, 6.45) is 3.69. The molecule has 0 radical (unpaired) electrons. The lowest BCUT2D eigenvalue weighted by molar-refractivity contribution is -0.118. The molecule has 1 N–H and O–H groups in total. The second-order valence-corrected chi connectivity index (χ2v) is 7.02. The molecule has 27 heavy (non-hydrogen) atoms. The first-order valence-electron chi connectivity index (χ1n) is 8.61. The van der Waals surface area contributed by atoms with Crippen LogP contribution in [0.15, 0.2) is 66.1 Å². The molecular weight excluding hydrogens is 362 g/mol. The predicted molar refractivity (Wildman–Crippen MR) is 103 cm³/mol. The van der Waals surface area contributed by atoms with Crippen molar-refractivity contribution in [2.75, 3.05) is 12.5 Å². The molecule has 6 nitrogen and oxygen atoms in total. The van der Waals surface area contributed by atoms with Crippen molar-refractivity contribution < 1.29 is 14.3 Å². The topological polar surface area (TPSA) is 65.4 Å². The number of hydrogen-bond donors (Lipinski definition) is 1. The predicted octanol–water partition coefficient (Wildman–Crippen LogP) is 3.07. The maximum absolute atomic E-state index is 12.2. The van der Waals surface area contributed by atoms with Crippen molar-refractivity contribution in [3.8, 4) is 11.5 Å². The van der Waals surface area contributed by atoms with Crippen molar-refractivity contribution in [2.45, 2.75) is 18.2 Å². The Morgan fingerprint density at radius 1 is 1.11 bits per heavy atom. The molecule has 4 rings (SSSR count). The standard InChI is InChI=1S/C20H19N3O3S/c24-19(22-11-16-6-7-17-18(10-16)26-14-25-17)13-27-20-21-8-9-23(20)12-15-4-2-1-3-5-15/h1-10H,11-14H2,(H,22,24). The van der Waals surface area contributed by atoms with E-state index < -0.39 is 0 Å². The fourth-order valence-corrected chi connectivity index (χ4v) is 3.56. The van der Waals surface area contributed by atoms with Crippen LogP contribution in [-0.2, 0) is 17.9 Å². The molecular formula is C20H19N3O3S. The van der Waals surface area contributed by atoms with Gasteiger partial charge < -0.3 is 19.4 Å². The highest BCUT2D eigenvalue weighted by Gasteiger charge is 2.14. The van der Waals surface area contributed by atoms with Gasteiger partial charge in [0, 0.05) is 25.5 Å². The molecule has 0 spiro atoms. The van der Waals surface area contributed by atoms with Gasteiger partial charge in [0.05, 0.1) is 5.75 Å². The molecule has 0 fully saturated rings. The molecule has 1 aliphatic heterocycles. The van der Waals surface area contributed by atoms with E-state index in [1.165, 1.54) is 17.3 Å². The monoisotopic (exact) mass is 381 g/mol. The van der Waals surface area contributed by atoms with Gasteiger partial charge in [-0.15, -0.1) is 0 Å². The second-order valence-electron chi connectivity index (χ2n) is 6.08. The highest BCUT2D eigenvalue weighted by Crippen LogP contribution is 2.32. The van der Waals surface area contributed by atoms with Crippen molar-refractivity contribution in [2.24, 2.45) is 0 Å². The molecule has 2 heterocycles. The molecule has 1 aromatic heterocycles.